The van der Waals surface area contributed by atoms with Crippen LogP contribution >= 0.6 is 11.3 Å². The highest BCUT2D eigenvalue weighted by Crippen LogP contribution is 2.22. The SMILES string of the molecule is CC(C)(C)NC(=O)CNC(=O)[C@@H]1CCCN1C(=O)c1cccs1. The highest BCUT2D eigenvalue weighted by molar-refractivity contribution is 7.12. The van der Waals surface area contributed by atoms with Gasteiger partial charge in [-0.2, -0.15) is 0 Å². The van der Waals surface area contributed by atoms with Gasteiger partial charge in [0.2, 0.25) is 11.8 Å². The van der Waals surface area contributed by atoms with Crippen LogP contribution in [-0.4, -0.2) is 47.3 Å². The molecule has 1 aromatic heterocycles. The van der Waals surface area contributed by atoms with Gasteiger partial charge in [0.1, 0.15) is 6.04 Å². The number of rotatable bonds is 4. The van der Waals surface area contributed by atoms with E-state index >= 15 is 0 Å². The summed E-state index contributed by atoms with van der Waals surface area (Å²) in [4.78, 5) is 38.8. The predicted molar refractivity (Wildman–Crippen MR) is 89.3 cm³/mol. The van der Waals surface area contributed by atoms with Crippen LogP contribution < -0.4 is 10.6 Å². The lowest BCUT2D eigenvalue weighted by Gasteiger charge is -2.24. The summed E-state index contributed by atoms with van der Waals surface area (Å²) in [5.74, 6) is -0.617. The number of likely N-dealkylation sites (tertiary alicyclic amines) is 1. The van der Waals surface area contributed by atoms with E-state index in [4.69, 9.17) is 0 Å². The third-order valence-electron chi connectivity index (χ3n) is 3.49. The molecule has 6 nitrogen and oxygen atoms in total. The first-order chi connectivity index (χ1) is 10.8. The molecule has 3 amide bonds. The smallest absolute Gasteiger partial charge is 0.264 e. The predicted octanol–water partition coefficient (Wildman–Crippen LogP) is 1.38. The average Bonchev–Trinajstić information content (AvgIpc) is 3.12. The van der Waals surface area contributed by atoms with Gasteiger partial charge in [-0.1, -0.05) is 6.07 Å². The van der Waals surface area contributed by atoms with Gasteiger partial charge in [0.05, 0.1) is 11.4 Å². The van der Waals surface area contributed by atoms with E-state index in [-0.39, 0.29) is 29.8 Å². The van der Waals surface area contributed by atoms with Crippen LogP contribution in [0.25, 0.3) is 0 Å². The average molecular weight is 337 g/mol. The lowest BCUT2D eigenvalue weighted by molar-refractivity contribution is -0.128. The van der Waals surface area contributed by atoms with Crippen molar-refractivity contribution in [1.29, 1.82) is 0 Å². The molecule has 0 bridgehead atoms. The van der Waals surface area contributed by atoms with Crippen molar-refractivity contribution in [1.82, 2.24) is 15.5 Å². The summed E-state index contributed by atoms with van der Waals surface area (Å²) in [6.07, 6.45) is 1.42. The molecule has 23 heavy (non-hydrogen) atoms. The summed E-state index contributed by atoms with van der Waals surface area (Å²) < 4.78 is 0. The van der Waals surface area contributed by atoms with Gasteiger partial charge in [0.25, 0.3) is 5.91 Å². The largest absolute Gasteiger partial charge is 0.350 e. The molecule has 2 N–H and O–H groups in total. The van der Waals surface area contributed by atoms with Crippen LogP contribution in [0, 0.1) is 0 Å². The Kier molecular flexibility index (Phi) is 5.41. The molecule has 1 aromatic rings. The molecule has 0 spiro atoms. The van der Waals surface area contributed by atoms with Crippen LogP contribution in [0.4, 0.5) is 0 Å². The van der Waals surface area contributed by atoms with Gasteiger partial charge in [-0.25, -0.2) is 0 Å². The maximum Gasteiger partial charge on any atom is 0.264 e. The van der Waals surface area contributed by atoms with Gasteiger partial charge >= 0.3 is 0 Å². The maximum absolute atomic E-state index is 12.4. The highest BCUT2D eigenvalue weighted by atomic mass is 32.1. The molecule has 0 radical (unpaired) electrons. The Morgan fingerprint density at radius 3 is 2.70 bits per heavy atom. The molecule has 2 heterocycles. The quantitative estimate of drug-likeness (QED) is 0.871. The van der Waals surface area contributed by atoms with E-state index in [2.05, 4.69) is 10.6 Å². The van der Waals surface area contributed by atoms with Crippen LogP contribution in [0.15, 0.2) is 17.5 Å². The molecule has 1 aliphatic heterocycles. The highest BCUT2D eigenvalue weighted by Gasteiger charge is 2.34. The second kappa shape index (κ2) is 7.12. The van der Waals surface area contributed by atoms with Crippen LogP contribution in [0.1, 0.15) is 43.3 Å². The fraction of sp³-hybridized carbons (Fsp3) is 0.562. The summed E-state index contributed by atoms with van der Waals surface area (Å²) >= 11 is 1.37. The zero-order valence-electron chi connectivity index (χ0n) is 13.7. The molecule has 2 rings (SSSR count). The number of nitrogens with one attached hydrogen (secondary N) is 2. The van der Waals surface area contributed by atoms with E-state index in [1.54, 1.807) is 11.0 Å². The lowest BCUT2D eigenvalue weighted by Crippen LogP contribution is -2.50. The third kappa shape index (κ3) is 4.79. The summed E-state index contributed by atoms with van der Waals surface area (Å²) in [5.41, 5.74) is -0.337. The first-order valence-electron chi connectivity index (χ1n) is 7.71. The molecule has 0 saturated carbocycles. The first kappa shape index (κ1) is 17.5. The molecule has 0 aromatic carbocycles. The van der Waals surface area contributed by atoms with Crippen molar-refractivity contribution in [2.75, 3.05) is 13.1 Å². The second-order valence-electron chi connectivity index (χ2n) is 6.65. The minimum absolute atomic E-state index is 0.0758. The van der Waals surface area contributed by atoms with Crippen molar-refractivity contribution in [2.45, 2.75) is 45.2 Å². The standard InChI is InChI=1S/C16H23N3O3S/c1-16(2,3)18-13(20)10-17-14(21)11-6-4-8-19(11)15(22)12-7-5-9-23-12/h5,7,9,11H,4,6,8,10H2,1-3H3,(H,17,21)(H,18,20)/t11-/m0/s1. The number of carbonyl (C=O) groups excluding carboxylic acids is 3. The van der Waals surface area contributed by atoms with Gasteiger partial charge in [-0.05, 0) is 45.1 Å². The van der Waals surface area contributed by atoms with Crippen LogP contribution in [-0.2, 0) is 9.59 Å². The summed E-state index contributed by atoms with van der Waals surface area (Å²) in [6.45, 7) is 6.14. The number of hydrogen-bond donors (Lipinski definition) is 2. The molecule has 1 saturated heterocycles. The maximum atomic E-state index is 12.4. The zero-order valence-corrected chi connectivity index (χ0v) is 14.5. The molecule has 7 heteroatoms. The lowest BCUT2D eigenvalue weighted by atomic mass is 10.1. The van der Waals surface area contributed by atoms with E-state index in [1.165, 1.54) is 11.3 Å². The number of hydrogen-bond acceptors (Lipinski definition) is 4. The topological polar surface area (TPSA) is 78.5 Å². The van der Waals surface area contributed by atoms with E-state index in [9.17, 15) is 14.4 Å². The Morgan fingerprint density at radius 2 is 2.09 bits per heavy atom. The summed E-state index contributed by atoms with van der Waals surface area (Å²) in [5, 5.41) is 7.27. The second-order valence-corrected chi connectivity index (χ2v) is 7.60. The Hall–Kier alpha value is -1.89. The Morgan fingerprint density at radius 1 is 1.35 bits per heavy atom. The van der Waals surface area contributed by atoms with Crippen molar-refractivity contribution < 1.29 is 14.4 Å². The molecule has 1 fully saturated rings. The van der Waals surface area contributed by atoms with Gasteiger partial charge < -0.3 is 15.5 Å². The van der Waals surface area contributed by atoms with Crippen molar-refractivity contribution in [3.63, 3.8) is 0 Å². The van der Waals surface area contributed by atoms with Gasteiger partial charge in [-0.15, -0.1) is 11.3 Å². The van der Waals surface area contributed by atoms with Crippen molar-refractivity contribution >= 4 is 29.1 Å². The molecule has 126 valence electrons. The van der Waals surface area contributed by atoms with Crippen molar-refractivity contribution in [3.8, 4) is 0 Å². The van der Waals surface area contributed by atoms with Crippen LogP contribution in [0.5, 0.6) is 0 Å². The van der Waals surface area contributed by atoms with Crippen LogP contribution in [0.3, 0.4) is 0 Å². The van der Waals surface area contributed by atoms with E-state index in [1.807, 2.05) is 32.2 Å². The number of carbonyl (C=O) groups is 3. The minimum atomic E-state index is -0.493. The third-order valence-corrected chi connectivity index (χ3v) is 4.34. The van der Waals surface area contributed by atoms with Gasteiger partial charge in [0, 0.05) is 12.1 Å². The van der Waals surface area contributed by atoms with E-state index in [0.29, 0.717) is 17.8 Å². The Balaban J connectivity index is 1.91. The Bertz CT molecular complexity index is 578. The summed E-state index contributed by atoms with van der Waals surface area (Å²) in [6, 6.07) is 3.09. The minimum Gasteiger partial charge on any atom is -0.350 e. The number of nitrogens with zero attached hydrogens (tertiary/aromatic N) is 1. The molecule has 1 aliphatic rings. The fourth-order valence-corrected chi connectivity index (χ4v) is 3.25. The Labute approximate surface area is 140 Å². The van der Waals surface area contributed by atoms with E-state index < -0.39 is 6.04 Å². The van der Waals surface area contributed by atoms with Crippen molar-refractivity contribution in [3.05, 3.63) is 22.4 Å². The molecule has 0 aliphatic carbocycles. The molecule has 0 unspecified atom stereocenters. The van der Waals surface area contributed by atoms with Gasteiger partial charge in [0.15, 0.2) is 0 Å². The molecular formula is C16H23N3O3S. The number of thiophene rings is 1. The zero-order chi connectivity index (χ0) is 17.0. The summed E-state index contributed by atoms with van der Waals surface area (Å²) in [7, 11) is 0. The van der Waals surface area contributed by atoms with Crippen molar-refractivity contribution in [2.24, 2.45) is 0 Å². The van der Waals surface area contributed by atoms with Gasteiger partial charge in [-0.3, -0.25) is 14.4 Å². The van der Waals surface area contributed by atoms with Crippen LogP contribution in [0.2, 0.25) is 0 Å². The normalized spacial score (nSPS) is 17.9. The molecular weight excluding hydrogens is 314 g/mol. The fourth-order valence-electron chi connectivity index (χ4n) is 2.57. The number of amides is 3. The van der Waals surface area contributed by atoms with E-state index in [0.717, 1.165) is 6.42 Å². The monoisotopic (exact) mass is 337 g/mol. The first-order valence-corrected chi connectivity index (χ1v) is 8.59. The molecule has 1 atom stereocenters.